The number of amides is 1. The number of aliphatic hydroxyl groups is 1. The third-order valence-electron chi connectivity index (χ3n) is 4.89. The molecule has 1 aromatic carbocycles. The maximum atomic E-state index is 11.8. The van der Waals surface area contributed by atoms with Crippen molar-refractivity contribution < 1.29 is 9.90 Å². The first-order valence-electron chi connectivity index (χ1n) is 8.35. The molecule has 0 radical (unpaired) electrons. The van der Waals surface area contributed by atoms with Gasteiger partial charge >= 0.3 is 0 Å². The van der Waals surface area contributed by atoms with Crippen LogP contribution < -0.4 is 11.5 Å². The molecule has 1 aliphatic carbocycles. The highest BCUT2D eigenvalue weighted by Gasteiger charge is 2.31. The van der Waals surface area contributed by atoms with Gasteiger partial charge in [-0.15, -0.1) is 0 Å². The molecular weight excluding hydrogens is 276 g/mol. The zero-order valence-electron chi connectivity index (χ0n) is 13.2. The van der Waals surface area contributed by atoms with Crippen LogP contribution >= 0.6 is 0 Å². The van der Waals surface area contributed by atoms with Gasteiger partial charge in [0.15, 0.2) is 0 Å². The largest absolute Gasteiger partial charge is 0.391 e. The van der Waals surface area contributed by atoms with Crippen LogP contribution in [0.2, 0.25) is 0 Å². The molecule has 1 amide bonds. The van der Waals surface area contributed by atoms with E-state index in [0.29, 0.717) is 18.8 Å². The Morgan fingerprint density at radius 1 is 1.18 bits per heavy atom. The van der Waals surface area contributed by atoms with Crippen LogP contribution in [0, 0.1) is 11.8 Å². The van der Waals surface area contributed by atoms with E-state index >= 15 is 0 Å². The first-order valence-corrected chi connectivity index (χ1v) is 8.35. The summed E-state index contributed by atoms with van der Waals surface area (Å²) in [5.74, 6) is -0.236. The molecule has 0 aromatic heterocycles. The van der Waals surface area contributed by atoms with E-state index in [4.69, 9.17) is 11.5 Å². The number of hydrogen-bond acceptors (Lipinski definition) is 3. The van der Waals surface area contributed by atoms with Crippen LogP contribution in [0.1, 0.15) is 44.1 Å². The fraction of sp³-hybridized carbons (Fsp3) is 0.611. The highest BCUT2D eigenvalue weighted by molar-refractivity contribution is 5.77. The molecule has 3 atom stereocenters. The number of primary amides is 1. The predicted octanol–water partition coefficient (Wildman–Crippen LogP) is 1.99. The smallest absolute Gasteiger partial charge is 0.220 e. The second-order valence-electron chi connectivity index (χ2n) is 6.56. The summed E-state index contributed by atoms with van der Waals surface area (Å²) < 4.78 is 0. The molecule has 0 spiro atoms. The number of benzene rings is 1. The van der Waals surface area contributed by atoms with E-state index < -0.39 is 6.10 Å². The van der Waals surface area contributed by atoms with E-state index in [-0.39, 0.29) is 17.9 Å². The summed E-state index contributed by atoms with van der Waals surface area (Å²) in [5.41, 5.74) is 12.8. The Morgan fingerprint density at radius 2 is 1.82 bits per heavy atom. The van der Waals surface area contributed by atoms with Gasteiger partial charge in [-0.25, -0.2) is 0 Å². The fourth-order valence-corrected chi connectivity index (χ4v) is 3.53. The lowest BCUT2D eigenvalue weighted by Crippen LogP contribution is -2.42. The van der Waals surface area contributed by atoms with Crippen molar-refractivity contribution in [3.63, 3.8) is 0 Å². The van der Waals surface area contributed by atoms with Crippen molar-refractivity contribution in [1.29, 1.82) is 0 Å². The van der Waals surface area contributed by atoms with Gasteiger partial charge < -0.3 is 16.6 Å². The van der Waals surface area contributed by atoms with Crippen molar-refractivity contribution >= 4 is 5.91 Å². The zero-order valence-corrected chi connectivity index (χ0v) is 13.2. The van der Waals surface area contributed by atoms with Gasteiger partial charge in [-0.05, 0) is 37.2 Å². The van der Waals surface area contributed by atoms with E-state index in [0.717, 1.165) is 31.2 Å². The Labute approximate surface area is 132 Å². The quantitative estimate of drug-likeness (QED) is 0.719. The fourth-order valence-electron chi connectivity index (χ4n) is 3.53. The van der Waals surface area contributed by atoms with Crippen LogP contribution in [0.3, 0.4) is 0 Å². The predicted molar refractivity (Wildman–Crippen MR) is 88.0 cm³/mol. The lowest BCUT2D eigenvalue weighted by molar-refractivity contribution is -0.125. The van der Waals surface area contributed by atoms with Crippen molar-refractivity contribution in [2.45, 2.75) is 57.1 Å². The summed E-state index contributed by atoms with van der Waals surface area (Å²) in [5, 5.41) is 10.4. The molecule has 0 saturated heterocycles. The van der Waals surface area contributed by atoms with Crippen molar-refractivity contribution in [3.05, 3.63) is 35.9 Å². The van der Waals surface area contributed by atoms with Crippen LogP contribution in [-0.4, -0.2) is 23.2 Å². The summed E-state index contributed by atoms with van der Waals surface area (Å²) in [7, 11) is 0. The van der Waals surface area contributed by atoms with Crippen LogP contribution in [0.5, 0.6) is 0 Å². The normalized spacial score (nSPS) is 20.3. The molecule has 4 nitrogen and oxygen atoms in total. The molecule has 122 valence electrons. The highest BCUT2D eigenvalue weighted by atomic mass is 16.3. The van der Waals surface area contributed by atoms with E-state index in [1.165, 1.54) is 6.42 Å². The number of carbonyl (C=O) groups excluding carboxylic acids is 1. The SMILES string of the molecule is NC(=O)[C@@H](C[C@@H](O)[C@@H](N)Cc1ccccc1)C1CCCCC1. The lowest BCUT2D eigenvalue weighted by atomic mass is 9.76. The minimum atomic E-state index is -0.695. The third kappa shape index (κ3) is 4.82. The number of nitrogens with two attached hydrogens (primary N) is 2. The summed E-state index contributed by atoms with van der Waals surface area (Å²) in [4.78, 5) is 11.8. The monoisotopic (exact) mass is 304 g/mol. The molecule has 0 unspecified atom stereocenters. The first-order chi connectivity index (χ1) is 10.6. The van der Waals surface area contributed by atoms with Crippen LogP contribution in [0.4, 0.5) is 0 Å². The van der Waals surface area contributed by atoms with Gasteiger partial charge in [0.25, 0.3) is 0 Å². The lowest BCUT2D eigenvalue weighted by Gasteiger charge is -2.31. The molecule has 1 saturated carbocycles. The van der Waals surface area contributed by atoms with Gasteiger partial charge in [0.05, 0.1) is 6.10 Å². The Balaban J connectivity index is 1.92. The highest BCUT2D eigenvalue weighted by Crippen LogP contribution is 2.32. The third-order valence-corrected chi connectivity index (χ3v) is 4.89. The second-order valence-corrected chi connectivity index (χ2v) is 6.56. The summed E-state index contributed by atoms with van der Waals surface area (Å²) >= 11 is 0. The molecular formula is C18H28N2O2. The standard InChI is InChI=1S/C18H28N2O2/c19-16(11-13-7-3-1-4-8-13)17(21)12-15(18(20)22)14-9-5-2-6-10-14/h1,3-4,7-8,14-17,21H,2,5-6,9-12,19H2,(H2,20,22)/t15-,16-,17+/m0/s1. The zero-order chi connectivity index (χ0) is 15.9. The number of hydrogen-bond donors (Lipinski definition) is 3. The number of aliphatic hydroxyl groups excluding tert-OH is 1. The molecule has 5 N–H and O–H groups in total. The van der Waals surface area contributed by atoms with E-state index in [1.54, 1.807) is 0 Å². The first kappa shape index (κ1) is 17.0. The maximum Gasteiger partial charge on any atom is 0.220 e. The van der Waals surface area contributed by atoms with Crippen LogP contribution in [0.15, 0.2) is 30.3 Å². The van der Waals surface area contributed by atoms with Gasteiger partial charge in [0.1, 0.15) is 0 Å². The van der Waals surface area contributed by atoms with Crippen molar-refractivity contribution in [3.8, 4) is 0 Å². The van der Waals surface area contributed by atoms with Crippen LogP contribution in [-0.2, 0) is 11.2 Å². The number of rotatable bonds is 7. The molecule has 2 rings (SSSR count). The molecule has 0 bridgehead atoms. The molecule has 1 fully saturated rings. The Bertz CT molecular complexity index is 457. The molecule has 22 heavy (non-hydrogen) atoms. The van der Waals surface area contributed by atoms with Gasteiger partial charge in [-0.2, -0.15) is 0 Å². The van der Waals surface area contributed by atoms with Crippen molar-refractivity contribution in [1.82, 2.24) is 0 Å². The van der Waals surface area contributed by atoms with Crippen LogP contribution in [0.25, 0.3) is 0 Å². The van der Waals surface area contributed by atoms with Crippen molar-refractivity contribution in [2.75, 3.05) is 0 Å². The van der Waals surface area contributed by atoms with Gasteiger partial charge in [-0.1, -0.05) is 49.6 Å². The van der Waals surface area contributed by atoms with E-state index in [1.807, 2.05) is 30.3 Å². The van der Waals surface area contributed by atoms with Gasteiger partial charge in [0, 0.05) is 12.0 Å². The molecule has 0 heterocycles. The Kier molecular flexibility index (Phi) is 6.40. The average molecular weight is 304 g/mol. The van der Waals surface area contributed by atoms with Crippen molar-refractivity contribution in [2.24, 2.45) is 23.3 Å². The average Bonchev–Trinajstić information content (AvgIpc) is 2.53. The van der Waals surface area contributed by atoms with Gasteiger partial charge in [0.2, 0.25) is 5.91 Å². The van der Waals surface area contributed by atoms with E-state index in [9.17, 15) is 9.90 Å². The Hall–Kier alpha value is -1.39. The molecule has 0 aliphatic heterocycles. The summed E-state index contributed by atoms with van der Waals surface area (Å²) in [6, 6.07) is 9.51. The van der Waals surface area contributed by atoms with Gasteiger partial charge in [-0.3, -0.25) is 4.79 Å². The molecule has 4 heteroatoms. The number of carbonyl (C=O) groups is 1. The minimum absolute atomic E-state index is 0.253. The summed E-state index contributed by atoms with van der Waals surface area (Å²) in [6.45, 7) is 0. The maximum absolute atomic E-state index is 11.8. The van der Waals surface area contributed by atoms with E-state index in [2.05, 4.69) is 0 Å². The minimum Gasteiger partial charge on any atom is -0.391 e. The molecule has 1 aliphatic rings. The summed E-state index contributed by atoms with van der Waals surface area (Å²) in [6.07, 6.45) is 5.91. The molecule has 1 aromatic rings. The second kappa shape index (κ2) is 8.30. The topological polar surface area (TPSA) is 89.3 Å². The Morgan fingerprint density at radius 3 is 2.41 bits per heavy atom.